The molecule has 2 aromatic carbocycles. The molecular weight excluding hydrogens is 376 g/mol. The van der Waals surface area contributed by atoms with Gasteiger partial charge in [-0.05, 0) is 55.0 Å². The van der Waals surface area contributed by atoms with Crippen molar-refractivity contribution in [3.63, 3.8) is 0 Å². The number of amides is 2. The van der Waals surface area contributed by atoms with Gasteiger partial charge in [0.25, 0.3) is 11.8 Å². The first-order chi connectivity index (χ1) is 13.5. The molecule has 3 rings (SSSR count). The number of nitrogens with one attached hydrogen (secondary N) is 2. The maximum Gasteiger partial charge on any atom is 0.274 e. The number of halogens is 1. The number of carbonyl (C=O) groups excluding carboxylic acids is 2. The van der Waals surface area contributed by atoms with Crippen LogP contribution in [0.3, 0.4) is 0 Å². The molecule has 0 aliphatic heterocycles. The van der Waals surface area contributed by atoms with Crippen LogP contribution >= 0.6 is 11.6 Å². The van der Waals surface area contributed by atoms with Crippen LogP contribution in [0.1, 0.15) is 32.0 Å². The molecule has 0 unspecified atom stereocenters. The lowest BCUT2D eigenvalue weighted by Gasteiger charge is -2.10. The van der Waals surface area contributed by atoms with Gasteiger partial charge in [0.1, 0.15) is 5.69 Å². The first kappa shape index (κ1) is 19.1. The highest BCUT2D eigenvalue weighted by Gasteiger charge is 2.14. The average Bonchev–Trinajstić information content (AvgIpc) is 2.71. The Morgan fingerprint density at radius 1 is 1.04 bits per heavy atom. The quantitative estimate of drug-likeness (QED) is 0.689. The minimum absolute atomic E-state index is 0.0952. The van der Waals surface area contributed by atoms with Crippen molar-refractivity contribution < 1.29 is 9.59 Å². The Morgan fingerprint density at radius 3 is 2.61 bits per heavy atom. The highest BCUT2D eigenvalue weighted by molar-refractivity contribution is 6.31. The molecule has 1 aromatic heterocycles. The molecule has 2 N–H and O–H groups in total. The summed E-state index contributed by atoms with van der Waals surface area (Å²) in [4.78, 5) is 29.0. The zero-order valence-electron chi connectivity index (χ0n) is 14.9. The fourth-order valence-corrected chi connectivity index (χ4v) is 2.67. The summed E-state index contributed by atoms with van der Waals surface area (Å²) in [6.07, 6.45) is 1.39. The van der Waals surface area contributed by atoms with Crippen molar-refractivity contribution in [1.29, 1.82) is 5.26 Å². The Morgan fingerprint density at radius 2 is 1.82 bits per heavy atom. The summed E-state index contributed by atoms with van der Waals surface area (Å²) in [6.45, 7) is 1.80. The molecule has 3 aromatic rings. The average molecular weight is 391 g/mol. The van der Waals surface area contributed by atoms with Gasteiger partial charge in [0.05, 0.1) is 11.6 Å². The van der Waals surface area contributed by atoms with Crippen LogP contribution < -0.4 is 10.6 Å². The van der Waals surface area contributed by atoms with E-state index in [4.69, 9.17) is 16.9 Å². The van der Waals surface area contributed by atoms with Crippen LogP contribution in [0.15, 0.2) is 60.8 Å². The lowest BCUT2D eigenvalue weighted by Crippen LogP contribution is -2.17. The number of hydrogen-bond acceptors (Lipinski definition) is 4. The molecule has 0 spiro atoms. The maximum atomic E-state index is 12.5. The van der Waals surface area contributed by atoms with Gasteiger partial charge in [0, 0.05) is 28.2 Å². The van der Waals surface area contributed by atoms with E-state index in [1.807, 2.05) is 6.07 Å². The second kappa shape index (κ2) is 8.33. The zero-order valence-corrected chi connectivity index (χ0v) is 15.6. The van der Waals surface area contributed by atoms with Crippen LogP contribution in [0.25, 0.3) is 0 Å². The Kier molecular flexibility index (Phi) is 5.68. The Hall–Kier alpha value is -3.69. The molecule has 0 saturated heterocycles. The van der Waals surface area contributed by atoms with E-state index < -0.39 is 11.8 Å². The van der Waals surface area contributed by atoms with E-state index in [0.717, 1.165) is 5.56 Å². The third-order valence-corrected chi connectivity index (χ3v) is 4.43. The van der Waals surface area contributed by atoms with Crippen molar-refractivity contribution >= 4 is 34.8 Å². The minimum Gasteiger partial charge on any atom is -0.322 e. The van der Waals surface area contributed by atoms with Crippen LogP contribution in [0.2, 0.25) is 5.02 Å². The van der Waals surface area contributed by atoms with E-state index in [0.29, 0.717) is 22.0 Å². The highest BCUT2D eigenvalue weighted by Crippen LogP contribution is 2.23. The monoisotopic (exact) mass is 390 g/mol. The second-order valence-corrected chi connectivity index (χ2v) is 6.35. The summed E-state index contributed by atoms with van der Waals surface area (Å²) in [6, 6.07) is 16.7. The molecule has 0 atom stereocenters. The van der Waals surface area contributed by atoms with E-state index >= 15 is 0 Å². The van der Waals surface area contributed by atoms with E-state index in [1.165, 1.54) is 18.3 Å². The molecule has 0 bridgehead atoms. The van der Waals surface area contributed by atoms with Gasteiger partial charge in [-0.2, -0.15) is 5.26 Å². The largest absolute Gasteiger partial charge is 0.322 e. The van der Waals surface area contributed by atoms with E-state index in [2.05, 4.69) is 15.6 Å². The van der Waals surface area contributed by atoms with Gasteiger partial charge in [-0.25, -0.2) is 0 Å². The highest BCUT2D eigenvalue weighted by atomic mass is 35.5. The number of hydrogen-bond donors (Lipinski definition) is 2. The zero-order chi connectivity index (χ0) is 20.1. The number of pyridine rings is 1. The summed E-state index contributed by atoms with van der Waals surface area (Å²) < 4.78 is 0. The molecule has 7 heteroatoms. The Labute approximate surface area is 166 Å². The molecule has 28 heavy (non-hydrogen) atoms. The number of rotatable bonds is 4. The van der Waals surface area contributed by atoms with Crippen molar-refractivity contribution in [2.45, 2.75) is 6.92 Å². The van der Waals surface area contributed by atoms with Crippen LogP contribution in [-0.2, 0) is 0 Å². The molecule has 0 radical (unpaired) electrons. The third kappa shape index (κ3) is 4.34. The van der Waals surface area contributed by atoms with Gasteiger partial charge < -0.3 is 10.6 Å². The Bertz CT molecular complexity index is 1110. The van der Waals surface area contributed by atoms with E-state index in [9.17, 15) is 9.59 Å². The molecule has 0 fully saturated rings. The van der Waals surface area contributed by atoms with Gasteiger partial charge in [-0.15, -0.1) is 0 Å². The molecule has 6 nitrogen and oxygen atoms in total. The standard InChI is InChI=1S/C21H15ClN4O2/c1-13-17(22)6-3-7-18(13)26-21(28)19-11-15(8-9-24-19)20(27)25-16-5-2-4-14(10-16)12-23/h2-11H,1H3,(H,25,27)(H,26,28). The first-order valence-corrected chi connectivity index (χ1v) is 8.70. The van der Waals surface area contributed by atoms with E-state index in [1.54, 1.807) is 49.4 Å². The van der Waals surface area contributed by atoms with Gasteiger partial charge >= 0.3 is 0 Å². The van der Waals surface area contributed by atoms with Crippen LogP contribution in [0, 0.1) is 18.3 Å². The first-order valence-electron chi connectivity index (χ1n) is 8.32. The van der Waals surface area contributed by atoms with Crippen molar-refractivity contribution in [3.05, 3.63) is 88.2 Å². The maximum absolute atomic E-state index is 12.5. The SMILES string of the molecule is Cc1c(Cl)cccc1NC(=O)c1cc(C(=O)Nc2cccc(C#N)c2)ccn1. The van der Waals surface area contributed by atoms with Gasteiger partial charge in [-0.1, -0.05) is 23.7 Å². The molecular formula is C21H15ClN4O2. The van der Waals surface area contributed by atoms with Crippen LogP contribution in [0.4, 0.5) is 11.4 Å². The Balaban J connectivity index is 1.77. The number of nitriles is 1. The number of benzene rings is 2. The van der Waals surface area contributed by atoms with Crippen molar-refractivity contribution in [2.75, 3.05) is 10.6 Å². The molecule has 2 amide bonds. The lowest BCUT2D eigenvalue weighted by molar-refractivity contribution is 0.102. The predicted octanol–water partition coefficient (Wildman–Crippen LogP) is 4.42. The lowest BCUT2D eigenvalue weighted by atomic mass is 10.1. The third-order valence-electron chi connectivity index (χ3n) is 4.02. The fraction of sp³-hybridized carbons (Fsp3) is 0.0476. The number of carbonyl (C=O) groups is 2. The summed E-state index contributed by atoms with van der Waals surface area (Å²) in [5.74, 6) is -0.864. The molecule has 138 valence electrons. The predicted molar refractivity (Wildman–Crippen MR) is 107 cm³/mol. The van der Waals surface area contributed by atoms with Crippen molar-refractivity contribution in [3.8, 4) is 6.07 Å². The summed E-state index contributed by atoms with van der Waals surface area (Å²) >= 11 is 6.07. The minimum atomic E-state index is -0.452. The number of anilines is 2. The molecule has 0 aliphatic rings. The normalized spacial score (nSPS) is 10.0. The van der Waals surface area contributed by atoms with Gasteiger partial charge in [0.15, 0.2) is 0 Å². The number of aromatic nitrogens is 1. The van der Waals surface area contributed by atoms with Crippen molar-refractivity contribution in [2.24, 2.45) is 0 Å². The summed E-state index contributed by atoms with van der Waals surface area (Å²) in [5, 5.41) is 14.9. The fourth-order valence-electron chi connectivity index (χ4n) is 2.49. The topological polar surface area (TPSA) is 94.9 Å². The van der Waals surface area contributed by atoms with Crippen LogP contribution in [0.5, 0.6) is 0 Å². The smallest absolute Gasteiger partial charge is 0.274 e. The van der Waals surface area contributed by atoms with Gasteiger partial charge in [0.2, 0.25) is 0 Å². The van der Waals surface area contributed by atoms with E-state index in [-0.39, 0.29) is 11.3 Å². The summed E-state index contributed by atoms with van der Waals surface area (Å²) in [7, 11) is 0. The molecule has 1 heterocycles. The number of nitrogens with zero attached hydrogens (tertiary/aromatic N) is 2. The molecule has 0 aliphatic carbocycles. The van der Waals surface area contributed by atoms with Gasteiger partial charge in [-0.3, -0.25) is 14.6 Å². The molecule has 0 saturated carbocycles. The van der Waals surface area contributed by atoms with Crippen LogP contribution in [-0.4, -0.2) is 16.8 Å². The summed E-state index contributed by atoms with van der Waals surface area (Å²) in [5.41, 5.74) is 2.60. The van der Waals surface area contributed by atoms with Crippen molar-refractivity contribution in [1.82, 2.24) is 4.98 Å². The second-order valence-electron chi connectivity index (χ2n) is 5.94.